The first kappa shape index (κ1) is 15.4. The zero-order valence-electron chi connectivity index (χ0n) is 13.5. The SMILES string of the molecule is COc1ccc(-n2ccc(CN=C(N)N3CCCCC3)n2)cc1. The van der Waals surface area contributed by atoms with Crippen molar-refractivity contribution < 1.29 is 4.74 Å². The Hall–Kier alpha value is -2.50. The first-order valence-electron chi connectivity index (χ1n) is 8.00. The molecule has 1 aliphatic rings. The third-order valence-corrected chi connectivity index (χ3v) is 4.06. The highest BCUT2D eigenvalue weighted by Gasteiger charge is 2.11. The predicted octanol–water partition coefficient (Wildman–Crippen LogP) is 2.18. The van der Waals surface area contributed by atoms with Crippen molar-refractivity contribution in [1.82, 2.24) is 14.7 Å². The van der Waals surface area contributed by atoms with Gasteiger partial charge < -0.3 is 15.4 Å². The number of hydrogen-bond donors (Lipinski definition) is 1. The van der Waals surface area contributed by atoms with Crippen LogP contribution in [0.25, 0.3) is 5.69 Å². The van der Waals surface area contributed by atoms with E-state index in [9.17, 15) is 0 Å². The van der Waals surface area contributed by atoms with E-state index in [1.807, 2.05) is 41.2 Å². The number of methoxy groups -OCH3 is 1. The molecule has 0 amide bonds. The Bertz CT molecular complexity index is 656. The van der Waals surface area contributed by atoms with E-state index in [1.54, 1.807) is 7.11 Å². The van der Waals surface area contributed by atoms with Crippen LogP contribution in [0.15, 0.2) is 41.5 Å². The lowest BCUT2D eigenvalue weighted by Crippen LogP contribution is -2.40. The summed E-state index contributed by atoms with van der Waals surface area (Å²) in [6, 6.07) is 9.76. The Morgan fingerprint density at radius 3 is 2.61 bits per heavy atom. The monoisotopic (exact) mass is 313 g/mol. The number of aliphatic imine (C=N–C) groups is 1. The van der Waals surface area contributed by atoms with Crippen LogP contribution in [0.3, 0.4) is 0 Å². The number of ether oxygens (including phenoxy) is 1. The summed E-state index contributed by atoms with van der Waals surface area (Å²) in [7, 11) is 1.66. The molecular weight excluding hydrogens is 290 g/mol. The van der Waals surface area contributed by atoms with E-state index in [2.05, 4.69) is 15.0 Å². The average Bonchev–Trinajstić information content (AvgIpc) is 3.09. The summed E-state index contributed by atoms with van der Waals surface area (Å²) in [5, 5.41) is 4.55. The van der Waals surface area contributed by atoms with Crippen LogP contribution in [0.2, 0.25) is 0 Å². The Labute approximate surface area is 136 Å². The molecule has 1 saturated heterocycles. The number of guanidine groups is 1. The van der Waals surface area contributed by atoms with E-state index in [1.165, 1.54) is 19.3 Å². The van der Waals surface area contributed by atoms with Crippen molar-refractivity contribution in [2.45, 2.75) is 25.8 Å². The summed E-state index contributed by atoms with van der Waals surface area (Å²) < 4.78 is 7.00. The molecule has 2 N–H and O–H groups in total. The summed E-state index contributed by atoms with van der Waals surface area (Å²) >= 11 is 0. The number of likely N-dealkylation sites (tertiary alicyclic amines) is 1. The van der Waals surface area contributed by atoms with E-state index >= 15 is 0 Å². The van der Waals surface area contributed by atoms with Crippen molar-refractivity contribution in [3.63, 3.8) is 0 Å². The molecule has 0 bridgehead atoms. The number of benzene rings is 1. The maximum atomic E-state index is 6.07. The lowest BCUT2D eigenvalue weighted by Gasteiger charge is -2.27. The largest absolute Gasteiger partial charge is 0.497 e. The van der Waals surface area contributed by atoms with Crippen molar-refractivity contribution >= 4 is 5.96 Å². The third-order valence-electron chi connectivity index (χ3n) is 4.06. The fourth-order valence-corrected chi connectivity index (χ4v) is 2.71. The van der Waals surface area contributed by atoms with Gasteiger partial charge in [0.05, 0.1) is 25.0 Å². The molecule has 122 valence electrons. The van der Waals surface area contributed by atoms with E-state index in [4.69, 9.17) is 10.5 Å². The molecule has 1 aromatic heterocycles. The van der Waals surface area contributed by atoms with Crippen LogP contribution >= 0.6 is 0 Å². The number of hydrogen-bond acceptors (Lipinski definition) is 3. The third kappa shape index (κ3) is 3.83. The second-order valence-electron chi connectivity index (χ2n) is 5.67. The minimum Gasteiger partial charge on any atom is -0.497 e. The maximum absolute atomic E-state index is 6.07. The van der Waals surface area contributed by atoms with Gasteiger partial charge in [-0.3, -0.25) is 0 Å². The number of nitrogens with zero attached hydrogens (tertiary/aromatic N) is 4. The van der Waals surface area contributed by atoms with Gasteiger partial charge >= 0.3 is 0 Å². The molecule has 2 aromatic rings. The van der Waals surface area contributed by atoms with Gasteiger partial charge in [-0.25, -0.2) is 9.67 Å². The molecule has 2 heterocycles. The van der Waals surface area contributed by atoms with Gasteiger partial charge in [0.15, 0.2) is 5.96 Å². The zero-order valence-corrected chi connectivity index (χ0v) is 13.5. The van der Waals surface area contributed by atoms with Gasteiger partial charge in [0, 0.05) is 19.3 Å². The van der Waals surface area contributed by atoms with Crippen molar-refractivity contribution in [2.75, 3.05) is 20.2 Å². The molecule has 6 heteroatoms. The van der Waals surface area contributed by atoms with Crippen LogP contribution in [0.5, 0.6) is 5.75 Å². The van der Waals surface area contributed by atoms with Crippen molar-refractivity contribution in [3.05, 3.63) is 42.2 Å². The Balaban J connectivity index is 1.64. The molecule has 6 nitrogen and oxygen atoms in total. The smallest absolute Gasteiger partial charge is 0.191 e. The van der Waals surface area contributed by atoms with E-state index in [-0.39, 0.29) is 0 Å². The first-order valence-corrected chi connectivity index (χ1v) is 8.00. The van der Waals surface area contributed by atoms with Crippen molar-refractivity contribution in [1.29, 1.82) is 0 Å². The van der Waals surface area contributed by atoms with Gasteiger partial charge in [0.2, 0.25) is 0 Å². The van der Waals surface area contributed by atoms with E-state index < -0.39 is 0 Å². The predicted molar refractivity (Wildman–Crippen MR) is 90.9 cm³/mol. The molecule has 0 unspecified atom stereocenters. The second kappa shape index (κ2) is 7.17. The lowest BCUT2D eigenvalue weighted by atomic mass is 10.1. The molecule has 0 radical (unpaired) electrons. The highest BCUT2D eigenvalue weighted by atomic mass is 16.5. The number of rotatable bonds is 4. The minimum atomic E-state index is 0.505. The molecule has 0 spiro atoms. The second-order valence-corrected chi connectivity index (χ2v) is 5.67. The normalized spacial score (nSPS) is 15.7. The highest BCUT2D eigenvalue weighted by molar-refractivity contribution is 5.78. The molecule has 1 fully saturated rings. The Kier molecular flexibility index (Phi) is 4.80. The molecule has 3 rings (SSSR count). The Morgan fingerprint density at radius 1 is 1.17 bits per heavy atom. The van der Waals surface area contributed by atoms with Crippen LogP contribution in [0, 0.1) is 0 Å². The number of aromatic nitrogens is 2. The van der Waals surface area contributed by atoms with E-state index in [0.717, 1.165) is 30.2 Å². The summed E-state index contributed by atoms with van der Waals surface area (Å²) in [6.07, 6.45) is 5.62. The molecule has 0 atom stereocenters. The molecule has 1 aromatic carbocycles. The molecule has 1 aliphatic heterocycles. The lowest BCUT2D eigenvalue weighted by molar-refractivity contribution is 0.338. The van der Waals surface area contributed by atoms with Gasteiger partial charge in [0.25, 0.3) is 0 Å². The van der Waals surface area contributed by atoms with Gasteiger partial charge in [-0.05, 0) is 49.6 Å². The summed E-state index contributed by atoms with van der Waals surface area (Å²) in [4.78, 5) is 6.63. The average molecular weight is 313 g/mol. The molecule has 0 aliphatic carbocycles. The van der Waals surface area contributed by atoms with Crippen molar-refractivity contribution in [2.24, 2.45) is 10.7 Å². The number of piperidine rings is 1. The molecular formula is C17H23N5O. The number of nitrogens with two attached hydrogens (primary N) is 1. The maximum Gasteiger partial charge on any atom is 0.191 e. The topological polar surface area (TPSA) is 68.7 Å². The standard InChI is InChI=1S/C17H23N5O/c1-23-16-7-5-15(6-8-16)22-12-9-14(20-22)13-19-17(18)21-10-3-2-4-11-21/h5-9,12H,2-4,10-11,13H2,1H3,(H2,18,19). The highest BCUT2D eigenvalue weighted by Crippen LogP contribution is 2.15. The van der Waals surface area contributed by atoms with Crippen LogP contribution < -0.4 is 10.5 Å². The van der Waals surface area contributed by atoms with Crippen LogP contribution in [0.4, 0.5) is 0 Å². The minimum absolute atomic E-state index is 0.505. The van der Waals surface area contributed by atoms with Crippen molar-refractivity contribution in [3.8, 4) is 11.4 Å². The zero-order chi connectivity index (χ0) is 16.1. The summed E-state index contributed by atoms with van der Waals surface area (Å²) in [5.74, 6) is 1.46. The molecule has 23 heavy (non-hydrogen) atoms. The van der Waals surface area contributed by atoms with E-state index in [0.29, 0.717) is 12.5 Å². The van der Waals surface area contributed by atoms with Gasteiger partial charge in [0.1, 0.15) is 5.75 Å². The van der Waals surface area contributed by atoms with Gasteiger partial charge in [-0.15, -0.1) is 0 Å². The van der Waals surface area contributed by atoms with Crippen LogP contribution in [-0.4, -0.2) is 40.8 Å². The fraction of sp³-hybridized carbons (Fsp3) is 0.412. The summed E-state index contributed by atoms with van der Waals surface area (Å²) in [6.45, 7) is 2.52. The fourth-order valence-electron chi connectivity index (χ4n) is 2.71. The summed E-state index contributed by atoms with van der Waals surface area (Å²) in [5.41, 5.74) is 7.97. The first-order chi connectivity index (χ1) is 11.3. The van der Waals surface area contributed by atoms with Gasteiger partial charge in [-0.1, -0.05) is 0 Å². The van der Waals surface area contributed by atoms with Crippen LogP contribution in [0.1, 0.15) is 25.0 Å². The Morgan fingerprint density at radius 2 is 1.91 bits per heavy atom. The quantitative estimate of drug-likeness (QED) is 0.694. The molecule has 0 saturated carbocycles. The van der Waals surface area contributed by atoms with Gasteiger partial charge in [-0.2, -0.15) is 5.10 Å². The van der Waals surface area contributed by atoms with Crippen LogP contribution in [-0.2, 0) is 6.54 Å².